The van der Waals surface area contributed by atoms with Crippen LogP contribution in [-0.2, 0) is 6.42 Å². The Morgan fingerprint density at radius 1 is 1.41 bits per heavy atom. The van der Waals surface area contributed by atoms with Crippen molar-refractivity contribution in [3.05, 3.63) is 18.0 Å². The summed E-state index contributed by atoms with van der Waals surface area (Å²) in [7, 11) is 0. The second-order valence-corrected chi connectivity index (χ2v) is 5.13. The number of hydrogen-bond donors (Lipinski definition) is 1. The zero-order valence-corrected chi connectivity index (χ0v) is 11.2. The summed E-state index contributed by atoms with van der Waals surface area (Å²) in [4.78, 5) is 0. The van der Waals surface area contributed by atoms with Gasteiger partial charge in [-0.1, -0.05) is 13.8 Å². The van der Waals surface area contributed by atoms with Crippen molar-refractivity contribution >= 4 is 0 Å². The van der Waals surface area contributed by atoms with Crippen LogP contribution < -0.4 is 5.32 Å². The minimum Gasteiger partial charge on any atom is -0.314 e. The quantitative estimate of drug-likeness (QED) is 0.702. The first-order chi connectivity index (χ1) is 8.33. The first-order valence-electron chi connectivity index (χ1n) is 7.09. The minimum atomic E-state index is 0.577. The highest BCUT2D eigenvalue weighted by molar-refractivity contribution is 5.04. The number of aryl methyl sites for hydroxylation is 1. The predicted molar refractivity (Wildman–Crippen MR) is 71.2 cm³/mol. The number of nitrogens with one attached hydrogen (secondary N) is 1. The second-order valence-electron chi connectivity index (χ2n) is 5.13. The van der Waals surface area contributed by atoms with Crippen molar-refractivity contribution in [2.45, 2.75) is 64.5 Å². The standard InChI is InChI=1S/C14H25N3/c1-3-14(4-2)17-11-12(10-16-17)6-5-9-15-13-7-8-13/h10-11,13-15H,3-9H2,1-2H3. The number of hydrogen-bond acceptors (Lipinski definition) is 2. The SMILES string of the molecule is CCC(CC)n1cc(CCCNC2CC2)cn1. The molecule has 1 N–H and O–H groups in total. The molecular formula is C14H25N3. The molecule has 1 fully saturated rings. The van der Waals surface area contributed by atoms with Gasteiger partial charge in [0.05, 0.1) is 12.2 Å². The van der Waals surface area contributed by atoms with Crippen molar-refractivity contribution in [3.8, 4) is 0 Å². The van der Waals surface area contributed by atoms with E-state index >= 15 is 0 Å². The first kappa shape index (κ1) is 12.6. The third-order valence-electron chi connectivity index (χ3n) is 3.62. The van der Waals surface area contributed by atoms with Crippen LogP contribution in [-0.4, -0.2) is 22.4 Å². The van der Waals surface area contributed by atoms with Gasteiger partial charge in [0, 0.05) is 12.2 Å². The van der Waals surface area contributed by atoms with Crippen LogP contribution in [0, 0.1) is 0 Å². The van der Waals surface area contributed by atoms with Gasteiger partial charge in [-0.25, -0.2) is 0 Å². The van der Waals surface area contributed by atoms with Gasteiger partial charge in [-0.2, -0.15) is 5.10 Å². The van der Waals surface area contributed by atoms with Gasteiger partial charge < -0.3 is 5.32 Å². The van der Waals surface area contributed by atoms with Gasteiger partial charge >= 0.3 is 0 Å². The lowest BCUT2D eigenvalue weighted by Gasteiger charge is -2.12. The molecule has 0 unspecified atom stereocenters. The first-order valence-corrected chi connectivity index (χ1v) is 7.09. The molecule has 3 heteroatoms. The van der Waals surface area contributed by atoms with Crippen LogP contribution in [0.15, 0.2) is 12.4 Å². The normalized spacial score (nSPS) is 15.7. The molecule has 0 bridgehead atoms. The largest absolute Gasteiger partial charge is 0.314 e. The fourth-order valence-electron chi connectivity index (χ4n) is 2.26. The molecule has 1 saturated carbocycles. The van der Waals surface area contributed by atoms with Crippen LogP contribution in [0.4, 0.5) is 0 Å². The molecule has 0 atom stereocenters. The van der Waals surface area contributed by atoms with E-state index in [2.05, 4.69) is 35.1 Å². The maximum Gasteiger partial charge on any atom is 0.0521 e. The van der Waals surface area contributed by atoms with Crippen molar-refractivity contribution in [2.24, 2.45) is 0 Å². The van der Waals surface area contributed by atoms with Crippen molar-refractivity contribution in [1.82, 2.24) is 15.1 Å². The van der Waals surface area contributed by atoms with Gasteiger partial charge in [0.1, 0.15) is 0 Å². The average molecular weight is 235 g/mol. The molecule has 2 rings (SSSR count). The van der Waals surface area contributed by atoms with Gasteiger partial charge in [-0.05, 0) is 50.6 Å². The van der Waals surface area contributed by atoms with E-state index in [1.807, 2.05) is 6.20 Å². The molecule has 0 radical (unpaired) electrons. The monoisotopic (exact) mass is 235 g/mol. The van der Waals surface area contributed by atoms with Crippen LogP contribution in [0.25, 0.3) is 0 Å². The van der Waals surface area contributed by atoms with E-state index in [4.69, 9.17) is 0 Å². The fourth-order valence-corrected chi connectivity index (χ4v) is 2.26. The molecule has 0 aromatic carbocycles. The number of nitrogens with zero attached hydrogens (tertiary/aromatic N) is 2. The van der Waals surface area contributed by atoms with Crippen LogP contribution in [0.5, 0.6) is 0 Å². The van der Waals surface area contributed by atoms with Gasteiger partial charge in [-0.3, -0.25) is 4.68 Å². The average Bonchev–Trinajstić information content (AvgIpc) is 3.06. The van der Waals surface area contributed by atoms with Crippen LogP contribution >= 0.6 is 0 Å². The van der Waals surface area contributed by atoms with Crippen molar-refractivity contribution < 1.29 is 0 Å². The summed E-state index contributed by atoms with van der Waals surface area (Å²) in [5, 5.41) is 8.03. The van der Waals surface area contributed by atoms with Gasteiger partial charge in [0.15, 0.2) is 0 Å². The summed E-state index contributed by atoms with van der Waals surface area (Å²) in [6.45, 7) is 5.62. The summed E-state index contributed by atoms with van der Waals surface area (Å²) in [6, 6.07) is 1.41. The third-order valence-corrected chi connectivity index (χ3v) is 3.62. The Kier molecular flexibility index (Phi) is 4.60. The molecule has 96 valence electrons. The summed E-state index contributed by atoms with van der Waals surface area (Å²) >= 11 is 0. The predicted octanol–water partition coefficient (Wildman–Crippen LogP) is 2.93. The molecular weight excluding hydrogens is 210 g/mol. The summed E-state index contributed by atoms with van der Waals surface area (Å²) in [6.07, 6.45) is 11.7. The Hall–Kier alpha value is -0.830. The molecule has 3 nitrogen and oxygen atoms in total. The van der Waals surface area contributed by atoms with E-state index < -0.39 is 0 Å². The van der Waals surface area contributed by atoms with E-state index in [1.165, 1.54) is 37.7 Å². The van der Waals surface area contributed by atoms with E-state index in [0.717, 1.165) is 19.0 Å². The van der Waals surface area contributed by atoms with Gasteiger partial charge in [0.2, 0.25) is 0 Å². The lowest BCUT2D eigenvalue weighted by atomic mass is 10.1. The van der Waals surface area contributed by atoms with E-state index in [9.17, 15) is 0 Å². The van der Waals surface area contributed by atoms with E-state index in [-0.39, 0.29) is 0 Å². The Balaban J connectivity index is 1.72. The molecule has 0 aliphatic heterocycles. The van der Waals surface area contributed by atoms with E-state index in [1.54, 1.807) is 0 Å². The van der Waals surface area contributed by atoms with Crippen molar-refractivity contribution in [3.63, 3.8) is 0 Å². The minimum absolute atomic E-state index is 0.577. The van der Waals surface area contributed by atoms with Crippen molar-refractivity contribution in [2.75, 3.05) is 6.54 Å². The van der Waals surface area contributed by atoms with Gasteiger partial charge in [0.25, 0.3) is 0 Å². The van der Waals surface area contributed by atoms with Crippen molar-refractivity contribution in [1.29, 1.82) is 0 Å². The zero-order chi connectivity index (χ0) is 12.1. The Morgan fingerprint density at radius 3 is 2.82 bits per heavy atom. The second kappa shape index (κ2) is 6.20. The highest BCUT2D eigenvalue weighted by Gasteiger charge is 2.19. The number of rotatable bonds is 8. The smallest absolute Gasteiger partial charge is 0.0521 e. The van der Waals surface area contributed by atoms with Crippen LogP contribution in [0.3, 0.4) is 0 Å². The lowest BCUT2D eigenvalue weighted by Crippen LogP contribution is -2.17. The fraction of sp³-hybridized carbons (Fsp3) is 0.786. The Morgan fingerprint density at radius 2 is 2.18 bits per heavy atom. The third kappa shape index (κ3) is 3.84. The van der Waals surface area contributed by atoms with Crippen LogP contribution in [0.1, 0.15) is 57.6 Å². The molecule has 1 heterocycles. The van der Waals surface area contributed by atoms with Crippen LogP contribution in [0.2, 0.25) is 0 Å². The Bertz CT molecular complexity index is 324. The number of aromatic nitrogens is 2. The molecule has 0 spiro atoms. The topological polar surface area (TPSA) is 29.9 Å². The summed E-state index contributed by atoms with van der Waals surface area (Å²) in [5.74, 6) is 0. The molecule has 0 saturated heterocycles. The molecule has 1 aromatic heterocycles. The molecule has 1 aliphatic carbocycles. The van der Waals surface area contributed by atoms with Gasteiger partial charge in [-0.15, -0.1) is 0 Å². The molecule has 1 aromatic rings. The molecule has 1 aliphatic rings. The maximum absolute atomic E-state index is 4.48. The summed E-state index contributed by atoms with van der Waals surface area (Å²) < 4.78 is 2.14. The Labute approximate surface area is 105 Å². The van der Waals surface area contributed by atoms with E-state index in [0.29, 0.717) is 6.04 Å². The molecule has 17 heavy (non-hydrogen) atoms. The highest BCUT2D eigenvalue weighted by atomic mass is 15.3. The maximum atomic E-state index is 4.48. The summed E-state index contributed by atoms with van der Waals surface area (Å²) in [5.41, 5.74) is 1.38. The zero-order valence-electron chi connectivity index (χ0n) is 11.2. The highest BCUT2D eigenvalue weighted by Crippen LogP contribution is 2.18. The molecule has 0 amide bonds. The lowest BCUT2D eigenvalue weighted by molar-refractivity contribution is 0.428.